The summed E-state index contributed by atoms with van der Waals surface area (Å²) in [6, 6.07) is 3.98. The van der Waals surface area contributed by atoms with Gasteiger partial charge >= 0.3 is 0 Å². The van der Waals surface area contributed by atoms with E-state index in [4.69, 9.17) is 10.5 Å². The van der Waals surface area contributed by atoms with Crippen molar-refractivity contribution in [1.82, 2.24) is 19.4 Å². The first-order chi connectivity index (χ1) is 8.74. The molecule has 0 unspecified atom stereocenters. The zero-order valence-electron chi connectivity index (χ0n) is 10.5. The Balaban J connectivity index is 1.93. The van der Waals surface area contributed by atoms with Gasteiger partial charge in [0, 0.05) is 39.3 Å². The van der Waals surface area contributed by atoms with Crippen LogP contribution in [0.5, 0.6) is 0 Å². The van der Waals surface area contributed by atoms with Gasteiger partial charge in [0.05, 0.1) is 6.33 Å². The molecular weight excluding hydrogens is 228 g/mol. The van der Waals surface area contributed by atoms with Gasteiger partial charge < -0.3 is 9.47 Å². The van der Waals surface area contributed by atoms with Gasteiger partial charge in [0.2, 0.25) is 0 Å². The third-order valence-electron chi connectivity index (χ3n) is 3.30. The number of piperazine rings is 1. The maximum Gasteiger partial charge on any atom is 0.176 e. The van der Waals surface area contributed by atoms with Gasteiger partial charge in [0.25, 0.3) is 0 Å². The maximum absolute atomic E-state index is 9.01. The van der Waals surface area contributed by atoms with E-state index >= 15 is 0 Å². The Hall–Kier alpha value is -1.89. The Morgan fingerprint density at radius 3 is 2.50 bits per heavy atom. The van der Waals surface area contributed by atoms with E-state index in [-0.39, 0.29) is 5.69 Å². The Morgan fingerprint density at radius 2 is 1.89 bits per heavy atom. The topological polar surface area (TPSA) is 71.9 Å². The zero-order valence-corrected chi connectivity index (χ0v) is 10.5. The molecule has 0 saturated carbocycles. The molecule has 1 aliphatic rings. The molecule has 0 N–H and O–H groups in total. The van der Waals surface area contributed by atoms with E-state index in [1.165, 1.54) is 0 Å². The van der Waals surface area contributed by atoms with Crippen LogP contribution in [0.15, 0.2) is 6.33 Å². The van der Waals surface area contributed by atoms with Crippen LogP contribution >= 0.6 is 0 Å². The quantitative estimate of drug-likeness (QED) is 0.741. The molecule has 1 aromatic heterocycles. The van der Waals surface area contributed by atoms with E-state index in [2.05, 4.69) is 21.8 Å². The van der Waals surface area contributed by atoms with E-state index < -0.39 is 0 Å². The van der Waals surface area contributed by atoms with E-state index in [1.54, 1.807) is 10.9 Å². The number of rotatable bonds is 3. The number of nitriles is 2. The average molecular weight is 244 g/mol. The second-order valence-electron chi connectivity index (χ2n) is 4.50. The molecule has 6 heteroatoms. The number of hydrogen-bond donors (Lipinski definition) is 0. The van der Waals surface area contributed by atoms with E-state index in [1.807, 2.05) is 12.1 Å². The fraction of sp³-hybridized carbons (Fsp3) is 0.583. The lowest BCUT2D eigenvalue weighted by atomic mass is 10.3. The summed E-state index contributed by atoms with van der Waals surface area (Å²) in [5.74, 6) is 0. The van der Waals surface area contributed by atoms with E-state index in [0.717, 1.165) is 32.7 Å². The molecule has 0 aromatic carbocycles. The minimum atomic E-state index is 0.218. The highest BCUT2D eigenvalue weighted by Crippen LogP contribution is 2.06. The Bertz CT molecular complexity index is 484. The number of nitrogens with zero attached hydrogens (tertiary/aromatic N) is 6. The van der Waals surface area contributed by atoms with Crippen LogP contribution in [-0.4, -0.2) is 59.1 Å². The van der Waals surface area contributed by atoms with Crippen LogP contribution in [-0.2, 0) is 6.54 Å². The van der Waals surface area contributed by atoms with Crippen molar-refractivity contribution in [3.8, 4) is 12.1 Å². The first-order valence-electron chi connectivity index (χ1n) is 6.01. The molecule has 1 fully saturated rings. The van der Waals surface area contributed by atoms with Gasteiger partial charge in [0.1, 0.15) is 12.1 Å². The molecule has 0 amide bonds. The number of aromatic nitrogens is 2. The fourth-order valence-electron chi connectivity index (χ4n) is 2.07. The molecule has 6 nitrogen and oxygen atoms in total. The molecule has 0 bridgehead atoms. The number of imidazole rings is 1. The van der Waals surface area contributed by atoms with Crippen molar-refractivity contribution >= 4 is 0 Å². The molecule has 1 aromatic rings. The van der Waals surface area contributed by atoms with Crippen molar-refractivity contribution < 1.29 is 0 Å². The lowest BCUT2D eigenvalue weighted by molar-refractivity contribution is 0.150. The van der Waals surface area contributed by atoms with Crippen molar-refractivity contribution in [2.75, 3.05) is 39.8 Å². The lowest BCUT2D eigenvalue weighted by Crippen LogP contribution is -2.45. The predicted octanol–water partition coefficient (Wildman–Crippen LogP) is -0.126. The second kappa shape index (κ2) is 5.63. The monoisotopic (exact) mass is 244 g/mol. The average Bonchev–Trinajstić information content (AvgIpc) is 2.80. The molecule has 94 valence electrons. The van der Waals surface area contributed by atoms with Gasteiger partial charge in [-0.05, 0) is 7.05 Å². The third kappa shape index (κ3) is 2.67. The van der Waals surface area contributed by atoms with E-state index in [9.17, 15) is 0 Å². The summed E-state index contributed by atoms with van der Waals surface area (Å²) >= 11 is 0. The van der Waals surface area contributed by atoms with Crippen molar-refractivity contribution in [3.05, 3.63) is 17.7 Å². The van der Waals surface area contributed by atoms with Gasteiger partial charge in [-0.15, -0.1) is 0 Å². The summed E-state index contributed by atoms with van der Waals surface area (Å²) in [4.78, 5) is 8.61. The van der Waals surface area contributed by atoms with Gasteiger partial charge in [-0.25, -0.2) is 4.98 Å². The minimum Gasteiger partial charge on any atom is -0.320 e. The highest BCUT2D eigenvalue weighted by Gasteiger charge is 2.15. The van der Waals surface area contributed by atoms with Crippen LogP contribution in [0.3, 0.4) is 0 Å². The maximum atomic E-state index is 9.01. The molecule has 0 radical (unpaired) electrons. The van der Waals surface area contributed by atoms with Crippen LogP contribution in [0.1, 0.15) is 11.4 Å². The van der Waals surface area contributed by atoms with Crippen molar-refractivity contribution in [1.29, 1.82) is 10.5 Å². The summed E-state index contributed by atoms with van der Waals surface area (Å²) in [6.07, 6.45) is 1.58. The van der Waals surface area contributed by atoms with Gasteiger partial charge in [-0.3, -0.25) is 4.90 Å². The molecule has 2 rings (SSSR count). The van der Waals surface area contributed by atoms with Crippen LogP contribution < -0.4 is 0 Å². The van der Waals surface area contributed by atoms with Crippen molar-refractivity contribution in [2.24, 2.45) is 0 Å². The SMILES string of the molecule is CN1CCN(CCn2cnc(C#N)c2C#N)CC1. The Labute approximate surface area is 107 Å². The molecule has 0 atom stereocenters. The third-order valence-corrected chi connectivity index (χ3v) is 3.30. The van der Waals surface area contributed by atoms with Crippen molar-refractivity contribution in [3.63, 3.8) is 0 Å². The Kier molecular flexibility index (Phi) is 3.93. The van der Waals surface area contributed by atoms with Crippen LogP contribution in [0, 0.1) is 22.7 Å². The van der Waals surface area contributed by atoms with Crippen LogP contribution in [0.4, 0.5) is 0 Å². The summed E-state index contributed by atoms with van der Waals surface area (Å²) < 4.78 is 1.76. The van der Waals surface area contributed by atoms with Crippen LogP contribution in [0.25, 0.3) is 0 Å². The van der Waals surface area contributed by atoms with E-state index in [0.29, 0.717) is 12.2 Å². The van der Waals surface area contributed by atoms with Gasteiger partial charge in [-0.2, -0.15) is 10.5 Å². The predicted molar refractivity (Wildman–Crippen MR) is 65.6 cm³/mol. The molecule has 2 heterocycles. The highest BCUT2D eigenvalue weighted by atomic mass is 15.3. The number of likely N-dealkylation sites (N-methyl/N-ethyl adjacent to an activating group) is 1. The summed E-state index contributed by atoms with van der Waals surface area (Å²) in [5, 5.41) is 17.8. The highest BCUT2D eigenvalue weighted by molar-refractivity contribution is 5.35. The lowest BCUT2D eigenvalue weighted by Gasteiger charge is -2.32. The minimum absolute atomic E-state index is 0.218. The molecule has 0 spiro atoms. The van der Waals surface area contributed by atoms with Crippen LogP contribution in [0.2, 0.25) is 0 Å². The van der Waals surface area contributed by atoms with Crippen molar-refractivity contribution in [2.45, 2.75) is 6.54 Å². The Morgan fingerprint density at radius 1 is 1.17 bits per heavy atom. The fourth-order valence-corrected chi connectivity index (χ4v) is 2.07. The standard InChI is InChI=1S/C12H16N6/c1-16-2-4-17(5-3-16)6-7-18-10-15-11(8-13)12(18)9-14/h10H,2-7H2,1H3. The summed E-state index contributed by atoms with van der Waals surface area (Å²) in [5.41, 5.74) is 0.586. The zero-order chi connectivity index (χ0) is 13.0. The number of hydrogen-bond acceptors (Lipinski definition) is 5. The molecule has 18 heavy (non-hydrogen) atoms. The first-order valence-corrected chi connectivity index (χ1v) is 6.01. The largest absolute Gasteiger partial charge is 0.320 e. The molecule has 1 aliphatic heterocycles. The van der Waals surface area contributed by atoms with Gasteiger partial charge in [0.15, 0.2) is 11.4 Å². The molecular formula is C12H16N6. The summed E-state index contributed by atoms with van der Waals surface area (Å²) in [7, 11) is 2.13. The smallest absolute Gasteiger partial charge is 0.176 e. The second-order valence-corrected chi connectivity index (χ2v) is 4.50. The first kappa shape index (κ1) is 12.6. The summed E-state index contributed by atoms with van der Waals surface area (Å²) in [6.45, 7) is 5.87. The molecule has 0 aliphatic carbocycles. The van der Waals surface area contributed by atoms with Gasteiger partial charge in [-0.1, -0.05) is 0 Å². The normalized spacial score (nSPS) is 17.3. The molecule has 1 saturated heterocycles.